The average molecular weight is 551 g/mol. The quantitative estimate of drug-likeness (QED) is 0.192. The lowest BCUT2D eigenvalue weighted by atomic mass is 10.1. The van der Waals surface area contributed by atoms with Crippen LogP contribution in [0.3, 0.4) is 0 Å². The van der Waals surface area contributed by atoms with Crippen molar-refractivity contribution in [2.45, 2.75) is 11.1 Å². The van der Waals surface area contributed by atoms with E-state index in [1.54, 1.807) is 12.1 Å². The van der Waals surface area contributed by atoms with Crippen LogP contribution in [0.15, 0.2) is 77.7 Å². The minimum atomic E-state index is -4.52. The zero-order valence-electron chi connectivity index (χ0n) is 14.9. The average Bonchev–Trinajstić information content (AvgIpc) is 2.68. The van der Waals surface area contributed by atoms with Crippen LogP contribution in [-0.2, 0) is 16.3 Å². The fourth-order valence-electron chi connectivity index (χ4n) is 2.27. The van der Waals surface area contributed by atoms with E-state index < -0.39 is 26.8 Å². The summed E-state index contributed by atoms with van der Waals surface area (Å²) in [6, 6.07) is 17.1. The van der Waals surface area contributed by atoms with Crippen LogP contribution < -0.4 is 0 Å². The third-order valence-electron chi connectivity index (χ3n) is 3.74. The summed E-state index contributed by atoms with van der Waals surface area (Å²) >= 11 is 2.25. The van der Waals surface area contributed by atoms with E-state index in [0.29, 0.717) is 24.3 Å². The second-order valence-corrected chi connectivity index (χ2v) is 8.36. The van der Waals surface area contributed by atoms with E-state index in [1.165, 1.54) is 12.1 Å². The number of hydrogen-bond acceptors (Lipinski definition) is 4. The molecule has 0 saturated heterocycles. The van der Waals surface area contributed by atoms with Crippen LogP contribution in [0.5, 0.6) is 0 Å². The van der Waals surface area contributed by atoms with E-state index in [-0.39, 0.29) is 10.6 Å². The van der Waals surface area contributed by atoms with Gasteiger partial charge in [0, 0.05) is 15.7 Å². The normalized spacial score (nSPS) is 11.4. The Morgan fingerprint density at radius 3 is 1.87 bits per heavy atom. The summed E-state index contributed by atoms with van der Waals surface area (Å²) in [5, 5.41) is 10.5. The van der Waals surface area contributed by atoms with Crippen LogP contribution in [0.2, 0.25) is 0 Å². The molecule has 30 heavy (non-hydrogen) atoms. The second-order valence-electron chi connectivity index (χ2n) is 5.78. The summed E-state index contributed by atoms with van der Waals surface area (Å²) in [5.74, 6) is 0. The summed E-state index contributed by atoms with van der Waals surface area (Å²) < 4.78 is 66.6. The maximum atomic E-state index is 12.0. The van der Waals surface area contributed by atoms with Crippen molar-refractivity contribution in [1.29, 1.82) is 0 Å². The molecule has 3 aromatic rings. The third-order valence-corrected chi connectivity index (χ3v) is 5.55. The predicted octanol–water partition coefficient (Wildman–Crippen LogP) is 5.82. The van der Waals surface area contributed by atoms with E-state index in [4.69, 9.17) is 4.55 Å². The lowest BCUT2D eigenvalue weighted by Gasteiger charge is -2.05. The molecule has 11 heteroatoms. The van der Waals surface area contributed by atoms with Gasteiger partial charge in [-0.15, -0.1) is 0 Å². The minimum Gasteiger partial charge on any atom is -0.282 e. The number of benzene rings is 3. The molecule has 0 radical (unpaired) electrons. The predicted molar refractivity (Wildman–Crippen MR) is 113 cm³/mol. The number of non-ortho nitro benzene ring substituents is 1. The zero-order chi connectivity index (χ0) is 22.5. The molecule has 0 unspecified atom stereocenters. The van der Waals surface area contributed by atoms with E-state index in [1.807, 2.05) is 24.3 Å². The molecule has 0 aliphatic heterocycles. The summed E-state index contributed by atoms with van der Waals surface area (Å²) in [4.78, 5) is 9.57. The van der Waals surface area contributed by atoms with E-state index >= 15 is 0 Å². The van der Waals surface area contributed by atoms with Gasteiger partial charge in [0.2, 0.25) is 0 Å². The Morgan fingerprint density at radius 1 is 0.900 bits per heavy atom. The van der Waals surface area contributed by atoms with Crippen molar-refractivity contribution in [3.05, 3.63) is 92.0 Å². The van der Waals surface area contributed by atoms with E-state index in [2.05, 4.69) is 22.6 Å². The maximum absolute atomic E-state index is 12.0. The lowest BCUT2D eigenvalue weighted by Crippen LogP contribution is -2.05. The molecule has 0 amide bonds. The Bertz CT molecular complexity index is 1130. The molecule has 0 aromatic heterocycles. The highest BCUT2D eigenvalue weighted by Gasteiger charge is 2.30. The highest BCUT2D eigenvalue weighted by molar-refractivity contribution is 14.1. The largest absolute Gasteiger partial charge is 0.416 e. The van der Waals surface area contributed by atoms with Gasteiger partial charge < -0.3 is 0 Å². The number of nitrogens with zero attached hydrogens (tertiary/aromatic N) is 1. The second kappa shape index (κ2) is 9.53. The Hall–Kier alpha value is -2.51. The summed E-state index contributed by atoms with van der Waals surface area (Å²) in [6.07, 6.45) is -4.52. The van der Waals surface area contributed by atoms with Crippen LogP contribution in [0, 0.1) is 13.7 Å². The van der Waals surface area contributed by atoms with Gasteiger partial charge >= 0.3 is 6.18 Å². The van der Waals surface area contributed by atoms with Gasteiger partial charge in [-0.05, 0) is 76.2 Å². The molecule has 3 rings (SSSR count). The molecule has 0 aliphatic carbocycles. The maximum Gasteiger partial charge on any atom is 0.416 e. The smallest absolute Gasteiger partial charge is 0.282 e. The van der Waals surface area contributed by atoms with Gasteiger partial charge in [-0.1, -0.05) is 18.2 Å². The summed E-state index contributed by atoms with van der Waals surface area (Å²) in [5.41, 5.74) is 1.24. The molecule has 1 N–H and O–H groups in total. The van der Waals surface area contributed by atoms with Gasteiger partial charge in [0.05, 0.1) is 15.4 Å². The number of nitro groups is 1. The molecule has 0 heterocycles. The number of rotatable bonds is 3. The standard InChI is InChI=1S/C12H8INO2.C7H5F3O3S/c13-12-4-2-1-3-11(12)9-5-7-10(8-6-9)14(15)16;8-7(9,10)5-1-3-6(4-2-5)14(11,12)13/h1-8H;1-4H,(H,11,12,13). The molecule has 6 nitrogen and oxygen atoms in total. The number of halogens is 4. The first-order valence-corrected chi connectivity index (χ1v) is 10.6. The number of alkyl halides is 3. The highest BCUT2D eigenvalue weighted by Crippen LogP contribution is 2.29. The van der Waals surface area contributed by atoms with Crippen LogP contribution in [0.4, 0.5) is 18.9 Å². The van der Waals surface area contributed by atoms with Crippen molar-refractivity contribution in [2.75, 3.05) is 0 Å². The molecule has 0 bridgehead atoms. The molecule has 0 atom stereocenters. The topological polar surface area (TPSA) is 97.5 Å². The Morgan fingerprint density at radius 2 is 1.43 bits per heavy atom. The fraction of sp³-hybridized carbons (Fsp3) is 0.0526. The molecule has 0 saturated carbocycles. The van der Waals surface area contributed by atoms with Crippen molar-refractivity contribution in [3.63, 3.8) is 0 Å². The van der Waals surface area contributed by atoms with Gasteiger partial charge in [-0.3, -0.25) is 14.7 Å². The van der Waals surface area contributed by atoms with Crippen molar-refractivity contribution in [3.8, 4) is 11.1 Å². The van der Waals surface area contributed by atoms with Gasteiger partial charge in [0.25, 0.3) is 15.8 Å². The monoisotopic (exact) mass is 551 g/mol. The fourth-order valence-corrected chi connectivity index (χ4v) is 3.45. The number of hydrogen-bond donors (Lipinski definition) is 1. The number of nitro benzene ring substituents is 1. The van der Waals surface area contributed by atoms with E-state index in [0.717, 1.165) is 14.7 Å². The van der Waals surface area contributed by atoms with Gasteiger partial charge in [0.15, 0.2) is 0 Å². The van der Waals surface area contributed by atoms with Crippen molar-refractivity contribution < 1.29 is 31.1 Å². The van der Waals surface area contributed by atoms with Crippen LogP contribution in [0.25, 0.3) is 11.1 Å². The van der Waals surface area contributed by atoms with Crippen LogP contribution in [0.1, 0.15) is 5.56 Å². The van der Waals surface area contributed by atoms with Crippen molar-refractivity contribution >= 4 is 38.4 Å². The molecule has 0 spiro atoms. The minimum absolute atomic E-state index is 0.120. The van der Waals surface area contributed by atoms with Crippen molar-refractivity contribution in [2.24, 2.45) is 0 Å². The molecular formula is C19H13F3INO5S. The van der Waals surface area contributed by atoms with Gasteiger partial charge in [0.1, 0.15) is 0 Å². The lowest BCUT2D eigenvalue weighted by molar-refractivity contribution is -0.384. The first-order valence-electron chi connectivity index (χ1n) is 8.03. The summed E-state index contributed by atoms with van der Waals surface area (Å²) in [6.45, 7) is 0. The highest BCUT2D eigenvalue weighted by atomic mass is 127. The summed E-state index contributed by atoms with van der Waals surface area (Å²) in [7, 11) is -4.43. The van der Waals surface area contributed by atoms with Gasteiger partial charge in [-0.25, -0.2) is 0 Å². The molecule has 158 valence electrons. The van der Waals surface area contributed by atoms with Crippen molar-refractivity contribution in [1.82, 2.24) is 0 Å². The first kappa shape index (κ1) is 23.8. The molecule has 0 aliphatic rings. The first-order chi connectivity index (χ1) is 13.9. The molecule has 0 fully saturated rings. The Kier molecular flexibility index (Phi) is 7.55. The van der Waals surface area contributed by atoms with E-state index in [9.17, 15) is 31.7 Å². The third kappa shape index (κ3) is 6.50. The Labute approximate surface area is 183 Å². The van der Waals surface area contributed by atoms with Crippen LogP contribution in [-0.4, -0.2) is 17.9 Å². The molecular weight excluding hydrogens is 538 g/mol. The van der Waals surface area contributed by atoms with Crippen LogP contribution >= 0.6 is 22.6 Å². The SMILES string of the molecule is O=S(=O)(O)c1ccc(C(F)(F)F)cc1.O=[N+]([O-])c1ccc(-c2ccccc2I)cc1. The van der Waals surface area contributed by atoms with Gasteiger partial charge in [-0.2, -0.15) is 21.6 Å². The Balaban J connectivity index is 0.000000216. The zero-order valence-corrected chi connectivity index (χ0v) is 17.8. The molecule has 3 aromatic carbocycles.